The van der Waals surface area contributed by atoms with Crippen molar-refractivity contribution >= 4 is 55.2 Å². The van der Waals surface area contributed by atoms with Crippen molar-refractivity contribution in [2.45, 2.75) is 25.9 Å². The number of hydrogen-bond donors (Lipinski definition) is 0. The maximum absolute atomic E-state index is 15.1. The summed E-state index contributed by atoms with van der Waals surface area (Å²) in [7, 11) is 0. The molecule has 1 atom stereocenters. The number of hydrogen-bond acceptors (Lipinski definition) is 7. The number of nitrogens with zero attached hydrogens (tertiary/aromatic N) is 3. The van der Waals surface area contributed by atoms with E-state index in [1.807, 2.05) is 80.6 Å². The van der Waals surface area contributed by atoms with Gasteiger partial charge in [-0.05, 0) is 55.8 Å². The van der Waals surface area contributed by atoms with E-state index in [1.54, 1.807) is 29.2 Å². The third-order valence-corrected chi connectivity index (χ3v) is 9.35. The largest absolute Gasteiger partial charge is 0.494 e. The number of aromatic nitrogens is 1. The quantitative estimate of drug-likeness (QED) is 0.223. The number of fused-ring (bicyclic) bond motifs is 6. The number of aryl methyl sites for hydroxylation is 1. The molecule has 216 valence electrons. The van der Waals surface area contributed by atoms with Crippen LogP contribution in [0.3, 0.4) is 0 Å². The molecule has 44 heavy (non-hydrogen) atoms. The van der Waals surface area contributed by atoms with Crippen molar-refractivity contribution in [1.29, 1.82) is 0 Å². The fourth-order valence-electron chi connectivity index (χ4n) is 6.39. The van der Waals surface area contributed by atoms with Crippen LogP contribution in [0.4, 0.5) is 10.8 Å². The first-order chi connectivity index (χ1) is 21.4. The Morgan fingerprint density at radius 3 is 2.52 bits per heavy atom. The van der Waals surface area contributed by atoms with Gasteiger partial charge in [0.1, 0.15) is 11.3 Å². The highest BCUT2D eigenvalue weighted by atomic mass is 32.1. The Balaban J connectivity index is 1.41. The van der Waals surface area contributed by atoms with Crippen LogP contribution < -0.4 is 20.0 Å². The number of carbonyl (C=O) groups excluding carboxylic acids is 2. The van der Waals surface area contributed by atoms with E-state index in [-0.39, 0.29) is 28.6 Å². The molecule has 2 amide bonds. The van der Waals surface area contributed by atoms with Crippen LogP contribution in [0.2, 0.25) is 0 Å². The monoisotopic (exact) mass is 599 g/mol. The molecule has 4 heterocycles. The molecule has 1 unspecified atom stereocenters. The summed E-state index contributed by atoms with van der Waals surface area (Å²) in [5, 5.41) is 0.585. The Kier molecular flexibility index (Phi) is 5.76. The van der Waals surface area contributed by atoms with Gasteiger partial charge in [-0.2, -0.15) is 0 Å². The van der Waals surface area contributed by atoms with Crippen LogP contribution in [0.5, 0.6) is 5.75 Å². The van der Waals surface area contributed by atoms with E-state index in [0.717, 1.165) is 15.8 Å². The van der Waals surface area contributed by atoms with Crippen molar-refractivity contribution in [3.63, 3.8) is 0 Å². The molecule has 0 N–H and O–H groups in total. The summed E-state index contributed by atoms with van der Waals surface area (Å²) in [6.07, 6.45) is 0. The van der Waals surface area contributed by atoms with E-state index in [2.05, 4.69) is 0 Å². The Morgan fingerprint density at radius 1 is 0.932 bits per heavy atom. The molecule has 9 heteroatoms. The molecule has 1 spiro atoms. The van der Waals surface area contributed by atoms with E-state index < -0.39 is 22.8 Å². The highest BCUT2D eigenvalue weighted by Gasteiger charge is 2.66. The molecule has 2 aliphatic rings. The first-order valence-electron chi connectivity index (χ1n) is 14.3. The van der Waals surface area contributed by atoms with Gasteiger partial charge < -0.3 is 14.1 Å². The molecular formula is C35H25N3O5S. The number of ether oxygens (including phenoxy) is 1. The molecule has 0 radical (unpaired) electrons. The normalized spacial score (nSPS) is 17.2. The SMILES string of the molecule is CCOc1ccc2nc(N3C(=O)c4oc5ccccc5c(=O)c4C34C(=O)N(Cc3ccc(C)cc3)c3ccccc34)sc2c1. The van der Waals surface area contributed by atoms with Gasteiger partial charge in [0.2, 0.25) is 5.76 Å². The summed E-state index contributed by atoms with van der Waals surface area (Å²) in [6.45, 7) is 4.67. The summed E-state index contributed by atoms with van der Waals surface area (Å²) in [6, 6.07) is 27.6. The van der Waals surface area contributed by atoms with Crippen molar-refractivity contribution in [2.75, 3.05) is 16.4 Å². The zero-order chi connectivity index (χ0) is 30.2. The maximum Gasteiger partial charge on any atom is 0.297 e. The lowest BCUT2D eigenvalue weighted by molar-refractivity contribution is -0.121. The maximum atomic E-state index is 15.1. The molecule has 0 fully saturated rings. The Labute approximate surface area is 255 Å². The minimum absolute atomic E-state index is 0.0133. The number of thiazole rings is 1. The van der Waals surface area contributed by atoms with Gasteiger partial charge in [-0.25, -0.2) is 4.98 Å². The third-order valence-electron chi connectivity index (χ3n) is 8.34. The Morgan fingerprint density at radius 2 is 1.70 bits per heavy atom. The van der Waals surface area contributed by atoms with Gasteiger partial charge in [0.05, 0.1) is 40.0 Å². The summed E-state index contributed by atoms with van der Waals surface area (Å²) in [4.78, 5) is 51.9. The van der Waals surface area contributed by atoms with Crippen molar-refractivity contribution in [2.24, 2.45) is 0 Å². The van der Waals surface area contributed by atoms with E-state index in [1.165, 1.54) is 16.2 Å². The fraction of sp³-hybridized carbons (Fsp3) is 0.143. The molecule has 0 saturated heterocycles. The van der Waals surface area contributed by atoms with Crippen LogP contribution in [-0.2, 0) is 16.9 Å². The summed E-state index contributed by atoms with van der Waals surface area (Å²) in [5.74, 6) is -0.477. The van der Waals surface area contributed by atoms with Crippen LogP contribution in [0, 0.1) is 6.92 Å². The number of rotatable bonds is 5. The topological polar surface area (TPSA) is 93.0 Å². The van der Waals surface area contributed by atoms with Gasteiger partial charge in [0.25, 0.3) is 11.8 Å². The molecule has 8 rings (SSSR count). The van der Waals surface area contributed by atoms with E-state index >= 15 is 4.79 Å². The molecule has 0 saturated carbocycles. The number of carbonyl (C=O) groups is 2. The predicted molar refractivity (Wildman–Crippen MR) is 170 cm³/mol. The lowest BCUT2D eigenvalue weighted by Crippen LogP contribution is -2.53. The zero-order valence-corrected chi connectivity index (χ0v) is 24.7. The lowest BCUT2D eigenvalue weighted by Gasteiger charge is -2.32. The van der Waals surface area contributed by atoms with Crippen molar-refractivity contribution in [3.8, 4) is 5.75 Å². The molecule has 0 aliphatic carbocycles. The van der Waals surface area contributed by atoms with Gasteiger partial charge in [-0.1, -0.05) is 71.5 Å². The van der Waals surface area contributed by atoms with Gasteiger partial charge in [-0.15, -0.1) is 0 Å². The standard InChI is InChI=1S/C35H25N3O5S/c1-3-42-22-16-17-25-28(18-22)44-34(36-25)38-32(40)31-29(30(39)23-8-4-7-11-27(23)43-31)35(38)24-9-5-6-10-26(24)37(33(35)41)19-21-14-12-20(2)13-15-21/h4-18H,3,19H2,1-2H3. The van der Waals surface area contributed by atoms with Crippen LogP contribution in [0.25, 0.3) is 21.2 Å². The number of amides is 2. The van der Waals surface area contributed by atoms with Gasteiger partial charge >= 0.3 is 0 Å². The van der Waals surface area contributed by atoms with Crippen LogP contribution in [-0.4, -0.2) is 23.4 Å². The molecule has 2 aromatic heterocycles. The van der Waals surface area contributed by atoms with Crippen molar-refractivity contribution < 1.29 is 18.7 Å². The fourth-order valence-corrected chi connectivity index (χ4v) is 7.43. The second kappa shape index (κ2) is 9.62. The van der Waals surface area contributed by atoms with Crippen LogP contribution >= 0.6 is 11.3 Å². The second-order valence-corrected chi connectivity index (χ2v) is 11.9. The number of anilines is 2. The first-order valence-corrected chi connectivity index (χ1v) is 15.1. The molecule has 6 aromatic rings. The van der Waals surface area contributed by atoms with Gasteiger partial charge in [0, 0.05) is 5.56 Å². The van der Waals surface area contributed by atoms with Crippen molar-refractivity contribution in [3.05, 3.63) is 129 Å². The minimum atomic E-state index is -1.81. The molecular weight excluding hydrogens is 574 g/mol. The summed E-state index contributed by atoms with van der Waals surface area (Å²) >= 11 is 1.26. The highest BCUT2D eigenvalue weighted by molar-refractivity contribution is 7.22. The van der Waals surface area contributed by atoms with Crippen molar-refractivity contribution in [1.82, 2.24) is 4.98 Å². The van der Waals surface area contributed by atoms with E-state index in [9.17, 15) is 9.59 Å². The molecule has 2 aliphatic heterocycles. The summed E-state index contributed by atoms with van der Waals surface area (Å²) in [5.41, 5.74) is 1.88. The van der Waals surface area contributed by atoms with Gasteiger partial charge in [-0.3, -0.25) is 19.3 Å². The third kappa shape index (κ3) is 3.56. The van der Waals surface area contributed by atoms with E-state index in [4.69, 9.17) is 14.1 Å². The average molecular weight is 600 g/mol. The molecule has 4 aromatic carbocycles. The zero-order valence-electron chi connectivity index (χ0n) is 23.9. The van der Waals surface area contributed by atoms with Crippen LogP contribution in [0.1, 0.15) is 39.7 Å². The van der Waals surface area contributed by atoms with E-state index in [0.29, 0.717) is 34.5 Å². The predicted octanol–water partition coefficient (Wildman–Crippen LogP) is 6.56. The highest BCUT2D eigenvalue weighted by Crippen LogP contribution is 2.55. The molecule has 0 bridgehead atoms. The average Bonchev–Trinajstić information content (AvgIpc) is 3.64. The lowest BCUT2D eigenvalue weighted by atomic mass is 9.84. The smallest absolute Gasteiger partial charge is 0.297 e. The first kappa shape index (κ1) is 26.4. The minimum Gasteiger partial charge on any atom is -0.494 e. The molecule has 8 nitrogen and oxygen atoms in total. The Bertz CT molecular complexity index is 2220. The van der Waals surface area contributed by atoms with Crippen LogP contribution in [0.15, 0.2) is 100 Å². The van der Waals surface area contributed by atoms with Gasteiger partial charge in [0.15, 0.2) is 16.1 Å². The second-order valence-electron chi connectivity index (χ2n) is 10.9. The number of benzene rings is 4. The summed E-state index contributed by atoms with van der Waals surface area (Å²) < 4.78 is 12.7. The number of para-hydroxylation sites is 2. The Hall–Kier alpha value is -5.28.